The summed E-state index contributed by atoms with van der Waals surface area (Å²) in [7, 11) is -0.767. The Morgan fingerprint density at radius 3 is 2.87 bits per heavy atom. The lowest BCUT2D eigenvalue weighted by atomic mass is 10.2. The van der Waals surface area contributed by atoms with E-state index in [4.69, 9.17) is 0 Å². The maximum Gasteiger partial charge on any atom is 0.124 e. The zero-order chi connectivity index (χ0) is 11.3. The lowest BCUT2D eigenvalue weighted by molar-refractivity contribution is 0.624. The summed E-state index contributed by atoms with van der Waals surface area (Å²) < 4.78 is 24.3. The Morgan fingerprint density at radius 1 is 1.53 bits per heavy atom. The molecular formula is C10H13BrFNOS. The number of nitrogens with one attached hydrogen (secondary N) is 1. The summed E-state index contributed by atoms with van der Waals surface area (Å²) in [6.07, 6.45) is 1.68. The molecule has 1 rings (SSSR count). The lowest BCUT2D eigenvalue weighted by Crippen LogP contribution is -2.19. The van der Waals surface area contributed by atoms with Crippen LogP contribution in [0.25, 0.3) is 0 Å². The Morgan fingerprint density at radius 2 is 2.27 bits per heavy atom. The van der Waals surface area contributed by atoms with Crippen LogP contribution in [0.2, 0.25) is 0 Å². The van der Waals surface area contributed by atoms with Crippen LogP contribution in [0.5, 0.6) is 0 Å². The summed E-state index contributed by atoms with van der Waals surface area (Å²) in [6.45, 7) is 1.35. The van der Waals surface area contributed by atoms with Crippen molar-refractivity contribution in [3.63, 3.8) is 0 Å². The second-order valence-corrected chi connectivity index (χ2v) is 5.60. The van der Waals surface area contributed by atoms with Gasteiger partial charge in [-0.05, 0) is 17.7 Å². The monoisotopic (exact) mass is 293 g/mol. The zero-order valence-electron chi connectivity index (χ0n) is 8.43. The Kier molecular flexibility index (Phi) is 5.42. The third kappa shape index (κ3) is 4.86. The molecule has 0 heterocycles. The summed E-state index contributed by atoms with van der Waals surface area (Å²) in [5.41, 5.74) is 0.998. The fraction of sp³-hybridized carbons (Fsp3) is 0.400. The van der Waals surface area contributed by atoms with Gasteiger partial charge in [0.2, 0.25) is 0 Å². The van der Waals surface area contributed by atoms with Gasteiger partial charge in [0.15, 0.2) is 0 Å². The standard InChI is InChI=1S/C10H13BrFNOS/c1-15(14)5-4-13-7-8-2-3-9(12)6-10(8)11/h2-3,6,13H,4-5,7H2,1H3. The number of hydrogen-bond donors (Lipinski definition) is 1. The molecular weight excluding hydrogens is 281 g/mol. The van der Waals surface area contributed by atoms with Crippen LogP contribution in [-0.4, -0.2) is 22.8 Å². The molecule has 0 aliphatic carbocycles. The predicted molar refractivity (Wildman–Crippen MR) is 64.7 cm³/mol. The van der Waals surface area contributed by atoms with E-state index >= 15 is 0 Å². The Balaban J connectivity index is 2.40. The molecule has 0 spiro atoms. The molecule has 1 aromatic rings. The van der Waals surface area contributed by atoms with Crippen molar-refractivity contribution in [2.75, 3.05) is 18.6 Å². The van der Waals surface area contributed by atoms with Crippen LogP contribution in [0.4, 0.5) is 4.39 Å². The van der Waals surface area contributed by atoms with Crippen LogP contribution in [0.15, 0.2) is 22.7 Å². The van der Waals surface area contributed by atoms with E-state index in [1.54, 1.807) is 12.3 Å². The summed E-state index contributed by atoms with van der Waals surface area (Å²) in [4.78, 5) is 0. The fourth-order valence-corrected chi connectivity index (χ4v) is 2.03. The van der Waals surface area contributed by atoms with Crippen LogP contribution < -0.4 is 5.32 Å². The van der Waals surface area contributed by atoms with Crippen LogP contribution in [0, 0.1) is 5.82 Å². The lowest BCUT2D eigenvalue weighted by Gasteiger charge is -2.06. The molecule has 5 heteroatoms. The minimum Gasteiger partial charge on any atom is -0.312 e. The van der Waals surface area contributed by atoms with Gasteiger partial charge in [-0.25, -0.2) is 4.39 Å². The molecule has 15 heavy (non-hydrogen) atoms. The number of rotatable bonds is 5. The predicted octanol–water partition coefficient (Wildman–Crippen LogP) is 2.06. The van der Waals surface area contributed by atoms with Crippen molar-refractivity contribution in [2.24, 2.45) is 0 Å². The van der Waals surface area contributed by atoms with Crippen molar-refractivity contribution < 1.29 is 8.60 Å². The van der Waals surface area contributed by atoms with E-state index in [2.05, 4.69) is 21.2 Å². The van der Waals surface area contributed by atoms with E-state index in [0.29, 0.717) is 18.8 Å². The first-order valence-electron chi connectivity index (χ1n) is 4.54. The van der Waals surface area contributed by atoms with Gasteiger partial charge in [-0.15, -0.1) is 0 Å². The first kappa shape index (κ1) is 12.8. The van der Waals surface area contributed by atoms with Gasteiger partial charge in [0, 0.05) is 40.4 Å². The number of benzene rings is 1. The SMILES string of the molecule is CS(=O)CCNCc1ccc(F)cc1Br. The van der Waals surface area contributed by atoms with E-state index in [-0.39, 0.29) is 5.82 Å². The molecule has 0 fully saturated rings. The molecule has 1 N–H and O–H groups in total. The van der Waals surface area contributed by atoms with Gasteiger partial charge in [0.25, 0.3) is 0 Å². The fourth-order valence-electron chi connectivity index (χ4n) is 1.10. The van der Waals surface area contributed by atoms with Crippen LogP contribution >= 0.6 is 15.9 Å². The molecule has 1 atom stereocenters. The quantitative estimate of drug-likeness (QED) is 0.842. The molecule has 0 aromatic heterocycles. The minimum absolute atomic E-state index is 0.250. The largest absolute Gasteiger partial charge is 0.312 e. The molecule has 0 bridgehead atoms. The molecule has 84 valence electrons. The average Bonchev–Trinajstić information content (AvgIpc) is 2.14. The van der Waals surface area contributed by atoms with Crippen LogP contribution in [0.1, 0.15) is 5.56 Å². The van der Waals surface area contributed by atoms with Crippen molar-refractivity contribution in [3.8, 4) is 0 Å². The third-order valence-electron chi connectivity index (χ3n) is 1.90. The van der Waals surface area contributed by atoms with Crippen molar-refractivity contribution in [3.05, 3.63) is 34.1 Å². The Bertz CT molecular complexity index is 359. The van der Waals surface area contributed by atoms with Gasteiger partial charge in [-0.3, -0.25) is 4.21 Å². The summed E-state index contributed by atoms with van der Waals surface area (Å²) >= 11 is 3.29. The van der Waals surface area contributed by atoms with Gasteiger partial charge in [-0.2, -0.15) is 0 Å². The van der Waals surface area contributed by atoms with Crippen molar-refractivity contribution in [1.82, 2.24) is 5.32 Å². The molecule has 2 nitrogen and oxygen atoms in total. The first-order chi connectivity index (χ1) is 7.09. The molecule has 0 radical (unpaired) electrons. The molecule has 0 aliphatic heterocycles. The molecule has 0 amide bonds. The van der Waals surface area contributed by atoms with Crippen molar-refractivity contribution >= 4 is 26.7 Å². The molecule has 0 saturated heterocycles. The maximum absolute atomic E-state index is 12.8. The highest BCUT2D eigenvalue weighted by Gasteiger charge is 2.00. The van der Waals surface area contributed by atoms with Crippen LogP contribution in [-0.2, 0) is 17.3 Å². The second-order valence-electron chi connectivity index (χ2n) is 3.19. The van der Waals surface area contributed by atoms with E-state index in [0.717, 1.165) is 10.0 Å². The van der Waals surface area contributed by atoms with E-state index in [1.165, 1.54) is 12.1 Å². The van der Waals surface area contributed by atoms with Crippen molar-refractivity contribution in [2.45, 2.75) is 6.54 Å². The molecule has 0 saturated carbocycles. The normalized spacial score (nSPS) is 12.7. The van der Waals surface area contributed by atoms with Gasteiger partial charge >= 0.3 is 0 Å². The number of hydrogen-bond acceptors (Lipinski definition) is 2. The van der Waals surface area contributed by atoms with Gasteiger partial charge in [0.1, 0.15) is 5.82 Å². The van der Waals surface area contributed by atoms with E-state index < -0.39 is 10.8 Å². The smallest absolute Gasteiger partial charge is 0.124 e. The summed E-state index contributed by atoms with van der Waals surface area (Å²) in [5, 5.41) is 3.15. The van der Waals surface area contributed by atoms with Gasteiger partial charge in [-0.1, -0.05) is 22.0 Å². The van der Waals surface area contributed by atoms with Gasteiger partial charge < -0.3 is 5.32 Å². The topological polar surface area (TPSA) is 29.1 Å². The van der Waals surface area contributed by atoms with E-state index in [1.807, 2.05) is 0 Å². The first-order valence-corrected chi connectivity index (χ1v) is 7.06. The van der Waals surface area contributed by atoms with E-state index in [9.17, 15) is 8.60 Å². The molecule has 1 aromatic carbocycles. The minimum atomic E-state index is -0.767. The number of halogens is 2. The highest BCUT2D eigenvalue weighted by molar-refractivity contribution is 9.10. The highest BCUT2D eigenvalue weighted by Crippen LogP contribution is 2.17. The maximum atomic E-state index is 12.8. The Labute approximate surface area is 99.8 Å². The van der Waals surface area contributed by atoms with Crippen LogP contribution in [0.3, 0.4) is 0 Å². The third-order valence-corrected chi connectivity index (χ3v) is 3.41. The van der Waals surface area contributed by atoms with Gasteiger partial charge in [0.05, 0.1) is 0 Å². The summed E-state index contributed by atoms with van der Waals surface area (Å²) in [6, 6.07) is 4.60. The highest BCUT2D eigenvalue weighted by atomic mass is 79.9. The zero-order valence-corrected chi connectivity index (χ0v) is 10.8. The average molecular weight is 294 g/mol. The Hall–Kier alpha value is -0.260. The summed E-state index contributed by atoms with van der Waals surface area (Å²) in [5.74, 6) is 0.388. The second kappa shape index (κ2) is 6.35. The van der Waals surface area contributed by atoms with Crippen molar-refractivity contribution in [1.29, 1.82) is 0 Å². The molecule has 1 unspecified atom stereocenters. The molecule has 0 aliphatic rings.